The molecular weight excluding hydrogens is 283 g/mol. The molecule has 0 atom stereocenters. The van der Waals surface area contributed by atoms with E-state index >= 15 is 0 Å². The third-order valence-electron chi connectivity index (χ3n) is 1.09. The number of sulfonamides is 2. The van der Waals surface area contributed by atoms with Crippen molar-refractivity contribution in [3.63, 3.8) is 0 Å². The second-order valence-electron chi connectivity index (χ2n) is 2.39. The SMILES string of the molecule is O=S(=O)(CCCCl)NS(=O)(=O)C(F)(F)F. The number of nitrogens with one attached hydrogen (secondary N) is 1. The quantitative estimate of drug-likeness (QED) is 0.742. The van der Waals surface area contributed by atoms with Gasteiger partial charge in [0.05, 0.1) is 5.75 Å². The molecule has 0 amide bonds. The first-order valence-corrected chi connectivity index (χ1v) is 7.07. The Morgan fingerprint density at radius 1 is 1.13 bits per heavy atom. The van der Waals surface area contributed by atoms with E-state index in [1.165, 1.54) is 0 Å². The highest BCUT2D eigenvalue weighted by atomic mass is 35.5. The van der Waals surface area contributed by atoms with Crippen molar-refractivity contribution < 1.29 is 30.0 Å². The van der Waals surface area contributed by atoms with Crippen LogP contribution in [0, 0.1) is 0 Å². The first kappa shape index (κ1) is 14.9. The van der Waals surface area contributed by atoms with Crippen molar-refractivity contribution in [2.75, 3.05) is 11.6 Å². The van der Waals surface area contributed by atoms with Gasteiger partial charge < -0.3 is 0 Å². The van der Waals surface area contributed by atoms with Crippen LogP contribution in [0.2, 0.25) is 0 Å². The molecule has 0 bridgehead atoms. The van der Waals surface area contributed by atoms with Crippen molar-refractivity contribution in [2.24, 2.45) is 0 Å². The van der Waals surface area contributed by atoms with E-state index < -0.39 is 31.3 Å². The Morgan fingerprint density at radius 2 is 1.60 bits per heavy atom. The third-order valence-corrected chi connectivity index (χ3v) is 4.68. The van der Waals surface area contributed by atoms with Crippen LogP contribution >= 0.6 is 11.6 Å². The second kappa shape index (κ2) is 4.85. The molecule has 0 saturated carbocycles. The van der Waals surface area contributed by atoms with Gasteiger partial charge in [0.15, 0.2) is 0 Å². The van der Waals surface area contributed by atoms with Gasteiger partial charge in [0.1, 0.15) is 0 Å². The first-order chi connectivity index (χ1) is 6.52. The van der Waals surface area contributed by atoms with Crippen molar-refractivity contribution in [1.29, 1.82) is 0 Å². The van der Waals surface area contributed by atoms with Gasteiger partial charge in [-0.25, -0.2) is 16.8 Å². The van der Waals surface area contributed by atoms with E-state index in [0.29, 0.717) is 4.13 Å². The summed E-state index contributed by atoms with van der Waals surface area (Å²) in [6, 6.07) is 0. The number of hydrogen-bond donors (Lipinski definition) is 1. The van der Waals surface area contributed by atoms with Gasteiger partial charge in [-0.3, -0.25) is 0 Å². The Balaban J connectivity index is 4.76. The lowest BCUT2D eigenvalue weighted by Gasteiger charge is -2.09. The van der Waals surface area contributed by atoms with Gasteiger partial charge in [-0.1, -0.05) is 0 Å². The second-order valence-corrected chi connectivity index (χ2v) is 6.55. The molecule has 0 aliphatic rings. The third kappa shape index (κ3) is 5.00. The number of rotatable bonds is 5. The summed E-state index contributed by atoms with van der Waals surface area (Å²) in [5.74, 6) is -0.890. The maximum absolute atomic E-state index is 11.7. The molecule has 92 valence electrons. The molecular formula is C4H7ClF3NO4S2. The molecule has 0 aliphatic heterocycles. The summed E-state index contributed by atoms with van der Waals surface area (Å²) in [5, 5.41) is 0. The minimum absolute atomic E-state index is 0.104. The molecule has 1 N–H and O–H groups in total. The standard InChI is InChI=1S/C4H7ClF3NO4S2/c5-2-1-3-14(10,11)9-15(12,13)4(6,7)8/h9H,1-3H2. The summed E-state index contributed by atoms with van der Waals surface area (Å²) in [7, 11) is -10.4. The molecule has 0 spiro atoms. The zero-order valence-corrected chi connectivity index (χ0v) is 9.47. The molecule has 0 unspecified atom stereocenters. The van der Waals surface area contributed by atoms with E-state index in [2.05, 4.69) is 0 Å². The van der Waals surface area contributed by atoms with Crippen LogP contribution in [0.4, 0.5) is 13.2 Å². The van der Waals surface area contributed by atoms with Crippen molar-refractivity contribution in [3.05, 3.63) is 0 Å². The van der Waals surface area contributed by atoms with Gasteiger partial charge >= 0.3 is 15.5 Å². The van der Waals surface area contributed by atoms with Crippen LogP contribution in [0.3, 0.4) is 0 Å². The van der Waals surface area contributed by atoms with Crippen molar-refractivity contribution >= 4 is 31.6 Å². The molecule has 11 heteroatoms. The molecule has 0 saturated heterocycles. The minimum atomic E-state index is -5.87. The minimum Gasteiger partial charge on any atom is -0.211 e. The van der Waals surface area contributed by atoms with Crippen LogP contribution in [0.15, 0.2) is 0 Å². The lowest BCUT2D eigenvalue weighted by Crippen LogP contribution is -2.41. The molecule has 0 heterocycles. The van der Waals surface area contributed by atoms with Crippen LogP contribution < -0.4 is 4.13 Å². The molecule has 5 nitrogen and oxygen atoms in total. The monoisotopic (exact) mass is 289 g/mol. The van der Waals surface area contributed by atoms with Gasteiger partial charge in [0.25, 0.3) is 0 Å². The summed E-state index contributed by atoms with van der Waals surface area (Å²) >= 11 is 5.10. The van der Waals surface area contributed by atoms with Gasteiger partial charge in [-0.15, -0.1) is 15.7 Å². The normalized spacial score (nSPS) is 14.1. The fourth-order valence-electron chi connectivity index (χ4n) is 0.501. The van der Waals surface area contributed by atoms with Gasteiger partial charge in [-0.2, -0.15) is 13.2 Å². The largest absolute Gasteiger partial charge is 0.512 e. The summed E-state index contributed by atoms with van der Waals surface area (Å²) in [5.41, 5.74) is -5.65. The molecule has 0 fully saturated rings. The average molecular weight is 290 g/mol. The summed E-state index contributed by atoms with van der Waals surface area (Å²) < 4.78 is 78.2. The molecule has 0 aromatic heterocycles. The van der Waals surface area contributed by atoms with E-state index in [1.807, 2.05) is 0 Å². The smallest absolute Gasteiger partial charge is 0.211 e. The molecule has 0 aromatic carbocycles. The highest BCUT2D eigenvalue weighted by Gasteiger charge is 2.48. The maximum Gasteiger partial charge on any atom is 0.512 e. The first-order valence-electron chi connectivity index (χ1n) is 3.40. The Kier molecular flexibility index (Phi) is 4.83. The van der Waals surface area contributed by atoms with Crippen molar-refractivity contribution in [2.45, 2.75) is 11.9 Å². The van der Waals surface area contributed by atoms with Crippen LogP contribution in [-0.4, -0.2) is 34.0 Å². The Bertz CT molecular complexity index is 400. The van der Waals surface area contributed by atoms with Crippen LogP contribution in [0.25, 0.3) is 0 Å². The summed E-state index contributed by atoms with van der Waals surface area (Å²) in [6.45, 7) is 0. The zero-order valence-electron chi connectivity index (χ0n) is 7.08. The lowest BCUT2D eigenvalue weighted by molar-refractivity contribution is -0.0441. The Labute approximate surface area is 89.7 Å². The number of hydrogen-bond acceptors (Lipinski definition) is 4. The van der Waals surface area contributed by atoms with Crippen LogP contribution in [0.5, 0.6) is 0 Å². The van der Waals surface area contributed by atoms with Crippen molar-refractivity contribution in [3.8, 4) is 0 Å². The van der Waals surface area contributed by atoms with E-state index in [1.54, 1.807) is 0 Å². The van der Waals surface area contributed by atoms with Gasteiger partial charge in [0.2, 0.25) is 10.0 Å². The zero-order chi connectivity index (χ0) is 12.3. The topological polar surface area (TPSA) is 80.3 Å². The van der Waals surface area contributed by atoms with Crippen LogP contribution in [-0.2, 0) is 20.0 Å². The predicted octanol–water partition coefficient (Wildman–Crippen LogP) is 0.384. The average Bonchev–Trinajstić information content (AvgIpc) is 1.96. The van der Waals surface area contributed by atoms with Crippen molar-refractivity contribution in [1.82, 2.24) is 4.13 Å². The Hall–Kier alpha value is -0.0600. The van der Waals surface area contributed by atoms with Crippen LogP contribution in [0.1, 0.15) is 6.42 Å². The molecule has 0 aromatic rings. The van der Waals surface area contributed by atoms with E-state index in [9.17, 15) is 30.0 Å². The maximum atomic E-state index is 11.7. The fourth-order valence-corrected chi connectivity index (χ4v) is 3.37. The fraction of sp³-hybridized carbons (Fsp3) is 1.00. The molecule has 15 heavy (non-hydrogen) atoms. The molecule has 0 rings (SSSR count). The van der Waals surface area contributed by atoms with E-state index in [4.69, 9.17) is 11.6 Å². The lowest BCUT2D eigenvalue weighted by atomic mass is 10.6. The predicted molar refractivity (Wildman–Crippen MR) is 47.2 cm³/mol. The van der Waals surface area contributed by atoms with E-state index in [-0.39, 0.29) is 12.3 Å². The van der Waals surface area contributed by atoms with E-state index in [0.717, 1.165) is 0 Å². The summed E-state index contributed by atoms with van der Waals surface area (Å²) in [6.07, 6.45) is -0.149. The summed E-state index contributed by atoms with van der Waals surface area (Å²) in [4.78, 5) is 0. The van der Waals surface area contributed by atoms with Gasteiger partial charge in [-0.05, 0) is 6.42 Å². The highest BCUT2D eigenvalue weighted by molar-refractivity contribution is 8.05. The molecule has 0 radical (unpaired) electrons. The van der Waals surface area contributed by atoms with Gasteiger partial charge in [0, 0.05) is 5.88 Å². The number of halogens is 4. The Morgan fingerprint density at radius 3 is 1.93 bits per heavy atom. The highest BCUT2D eigenvalue weighted by Crippen LogP contribution is 2.22. The number of alkyl halides is 4. The molecule has 0 aliphatic carbocycles.